The van der Waals surface area contributed by atoms with Crippen LogP contribution in [0.15, 0.2) is 54.6 Å². The summed E-state index contributed by atoms with van der Waals surface area (Å²) in [5.74, 6) is -0.104. The minimum atomic E-state index is -0.526. The minimum absolute atomic E-state index is 0.104. The van der Waals surface area contributed by atoms with Crippen LogP contribution in [-0.2, 0) is 4.79 Å². The monoisotopic (exact) mass is 315 g/mol. The van der Waals surface area contributed by atoms with E-state index >= 15 is 0 Å². The van der Waals surface area contributed by atoms with Crippen molar-refractivity contribution in [3.8, 4) is 0 Å². The lowest BCUT2D eigenvalue weighted by molar-refractivity contribution is -0.143. The molecule has 1 heterocycles. The van der Waals surface area contributed by atoms with Crippen molar-refractivity contribution in [2.75, 3.05) is 24.4 Å². The van der Waals surface area contributed by atoms with Gasteiger partial charge in [0.15, 0.2) is 0 Å². The third-order valence-corrected chi connectivity index (χ3v) is 4.23. The van der Waals surface area contributed by atoms with E-state index in [1.54, 1.807) is 5.01 Å². The molecule has 0 spiro atoms. The molecule has 4 nitrogen and oxygen atoms in total. The van der Waals surface area contributed by atoms with Gasteiger partial charge in [-0.3, -0.25) is 10.2 Å². The van der Waals surface area contributed by atoms with Crippen LogP contribution in [-0.4, -0.2) is 30.4 Å². The van der Waals surface area contributed by atoms with Crippen LogP contribution in [0.2, 0.25) is 0 Å². The molecule has 0 aliphatic carbocycles. The number of para-hydroxylation sites is 1. The number of amides is 1. The molecule has 1 amide bonds. The highest BCUT2D eigenvalue weighted by atomic mass is 35.5. The number of halogens is 1. The Kier molecular flexibility index (Phi) is 3.94. The predicted octanol–water partition coefficient (Wildman–Crippen LogP) is 3.27. The van der Waals surface area contributed by atoms with Gasteiger partial charge in [-0.05, 0) is 29.8 Å². The maximum absolute atomic E-state index is 12.0. The molecular formula is C17H18ClN3O. The van der Waals surface area contributed by atoms with Crippen LogP contribution in [0.3, 0.4) is 0 Å². The van der Waals surface area contributed by atoms with Gasteiger partial charge < -0.3 is 4.90 Å². The molecule has 2 atom stereocenters. The lowest BCUT2D eigenvalue weighted by Gasteiger charge is -2.44. The standard InChI is InChI=1S/C17H18ClN3O/c1-20(2)14-10-8-12(9-11-14)16-15(18)17(22)21(16)19-13-6-4-3-5-7-13/h3-11,15-16,19H,1-2H3. The summed E-state index contributed by atoms with van der Waals surface area (Å²) in [6, 6.07) is 17.5. The third kappa shape index (κ3) is 2.62. The highest BCUT2D eigenvalue weighted by molar-refractivity contribution is 6.33. The number of benzene rings is 2. The fourth-order valence-corrected chi connectivity index (χ4v) is 2.88. The predicted molar refractivity (Wildman–Crippen MR) is 90.1 cm³/mol. The van der Waals surface area contributed by atoms with E-state index in [4.69, 9.17) is 11.6 Å². The maximum atomic E-state index is 12.0. The van der Waals surface area contributed by atoms with Gasteiger partial charge in [-0.25, -0.2) is 5.01 Å². The molecule has 0 aromatic heterocycles. The summed E-state index contributed by atoms with van der Waals surface area (Å²) in [6.45, 7) is 0. The van der Waals surface area contributed by atoms with Gasteiger partial charge in [-0.2, -0.15) is 0 Å². The summed E-state index contributed by atoms with van der Waals surface area (Å²) in [7, 11) is 3.99. The maximum Gasteiger partial charge on any atom is 0.262 e. The highest BCUT2D eigenvalue weighted by Crippen LogP contribution is 2.38. The average molecular weight is 316 g/mol. The van der Waals surface area contributed by atoms with Crippen molar-refractivity contribution in [1.29, 1.82) is 0 Å². The fourth-order valence-electron chi connectivity index (χ4n) is 2.52. The van der Waals surface area contributed by atoms with Gasteiger partial charge >= 0.3 is 0 Å². The van der Waals surface area contributed by atoms with Crippen molar-refractivity contribution in [3.63, 3.8) is 0 Å². The van der Waals surface area contributed by atoms with Crippen LogP contribution < -0.4 is 10.3 Å². The van der Waals surface area contributed by atoms with Gasteiger partial charge in [0.05, 0.1) is 5.69 Å². The van der Waals surface area contributed by atoms with Gasteiger partial charge in [-0.1, -0.05) is 30.3 Å². The van der Waals surface area contributed by atoms with E-state index in [2.05, 4.69) is 5.43 Å². The first-order chi connectivity index (χ1) is 10.6. The molecular weight excluding hydrogens is 298 g/mol. The van der Waals surface area contributed by atoms with Crippen LogP contribution >= 0.6 is 11.6 Å². The van der Waals surface area contributed by atoms with Crippen molar-refractivity contribution >= 4 is 28.9 Å². The number of nitrogens with zero attached hydrogens (tertiary/aromatic N) is 2. The number of nitrogens with one attached hydrogen (secondary N) is 1. The van der Waals surface area contributed by atoms with E-state index in [-0.39, 0.29) is 11.9 Å². The number of carbonyl (C=O) groups is 1. The number of rotatable bonds is 4. The lowest BCUT2D eigenvalue weighted by atomic mass is 9.95. The molecule has 1 aliphatic heterocycles. The van der Waals surface area contributed by atoms with Crippen molar-refractivity contribution < 1.29 is 4.79 Å². The van der Waals surface area contributed by atoms with Crippen molar-refractivity contribution in [3.05, 3.63) is 60.2 Å². The summed E-state index contributed by atoms with van der Waals surface area (Å²) in [5, 5.41) is 1.07. The molecule has 2 unspecified atom stereocenters. The number of β-lactam (4-membered cyclic amide) rings is 1. The smallest absolute Gasteiger partial charge is 0.262 e. The normalized spacial score (nSPS) is 20.5. The summed E-state index contributed by atoms with van der Waals surface area (Å²) >= 11 is 6.22. The van der Waals surface area contributed by atoms with E-state index in [1.807, 2.05) is 73.6 Å². The Morgan fingerprint density at radius 3 is 2.27 bits per heavy atom. The molecule has 5 heteroatoms. The number of hydrazine groups is 1. The van der Waals surface area contributed by atoms with Gasteiger partial charge in [0.2, 0.25) is 0 Å². The SMILES string of the molecule is CN(C)c1ccc(C2C(Cl)C(=O)N2Nc2ccccc2)cc1. The number of alkyl halides is 1. The van der Waals surface area contributed by atoms with E-state index in [9.17, 15) is 4.79 Å². The zero-order valence-corrected chi connectivity index (χ0v) is 13.3. The first-order valence-corrected chi connectivity index (χ1v) is 7.57. The minimum Gasteiger partial charge on any atom is -0.378 e. The molecule has 1 saturated heterocycles. The number of hydrogen-bond donors (Lipinski definition) is 1. The Labute approximate surface area is 135 Å². The fraction of sp³-hybridized carbons (Fsp3) is 0.235. The molecule has 114 valence electrons. The molecule has 2 aromatic rings. The second-order valence-corrected chi connectivity index (χ2v) is 5.99. The Hall–Kier alpha value is -2.20. The first-order valence-electron chi connectivity index (χ1n) is 7.14. The topological polar surface area (TPSA) is 35.6 Å². The van der Waals surface area contributed by atoms with Crippen molar-refractivity contribution in [1.82, 2.24) is 5.01 Å². The van der Waals surface area contributed by atoms with Crippen molar-refractivity contribution in [2.45, 2.75) is 11.4 Å². The van der Waals surface area contributed by atoms with E-state index in [0.717, 1.165) is 16.9 Å². The molecule has 3 rings (SSSR count). The van der Waals surface area contributed by atoms with Crippen LogP contribution in [0.25, 0.3) is 0 Å². The number of carbonyl (C=O) groups excluding carboxylic acids is 1. The quantitative estimate of drug-likeness (QED) is 0.695. The van der Waals surface area contributed by atoms with E-state index in [1.165, 1.54) is 0 Å². The molecule has 0 bridgehead atoms. The third-order valence-electron chi connectivity index (χ3n) is 3.80. The van der Waals surface area contributed by atoms with Gasteiger partial charge in [0.25, 0.3) is 5.91 Å². The average Bonchev–Trinajstić information content (AvgIpc) is 2.55. The molecule has 1 aliphatic rings. The second kappa shape index (κ2) is 5.89. The highest BCUT2D eigenvalue weighted by Gasteiger charge is 2.47. The summed E-state index contributed by atoms with van der Waals surface area (Å²) in [5.41, 5.74) is 6.14. The largest absolute Gasteiger partial charge is 0.378 e. The molecule has 0 radical (unpaired) electrons. The van der Waals surface area contributed by atoms with Crippen LogP contribution in [0.5, 0.6) is 0 Å². The van der Waals surface area contributed by atoms with Crippen molar-refractivity contribution in [2.24, 2.45) is 0 Å². The number of anilines is 2. The Morgan fingerprint density at radius 2 is 1.68 bits per heavy atom. The molecule has 2 aromatic carbocycles. The zero-order valence-electron chi connectivity index (χ0n) is 12.5. The van der Waals surface area contributed by atoms with Gasteiger partial charge in [0.1, 0.15) is 11.4 Å². The Balaban J connectivity index is 1.80. The van der Waals surface area contributed by atoms with Gasteiger partial charge in [-0.15, -0.1) is 11.6 Å². The first kappa shape index (κ1) is 14.7. The Morgan fingerprint density at radius 1 is 1.05 bits per heavy atom. The summed E-state index contributed by atoms with van der Waals surface area (Å²) in [6.07, 6.45) is 0. The lowest BCUT2D eigenvalue weighted by Crippen LogP contribution is -2.58. The van der Waals surface area contributed by atoms with Crippen LogP contribution in [0.4, 0.5) is 11.4 Å². The summed E-state index contributed by atoms with van der Waals surface area (Å²) < 4.78 is 0. The van der Waals surface area contributed by atoms with Crippen LogP contribution in [0.1, 0.15) is 11.6 Å². The van der Waals surface area contributed by atoms with Gasteiger partial charge in [0, 0.05) is 19.8 Å². The molecule has 0 saturated carbocycles. The summed E-state index contributed by atoms with van der Waals surface area (Å²) in [4.78, 5) is 14.1. The zero-order chi connectivity index (χ0) is 15.7. The van der Waals surface area contributed by atoms with Crippen LogP contribution in [0, 0.1) is 0 Å². The second-order valence-electron chi connectivity index (χ2n) is 5.52. The molecule has 1 fully saturated rings. The molecule has 1 N–H and O–H groups in total. The number of hydrogen-bond acceptors (Lipinski definition) is 3. The Bertz CT molecular complexity index is 657. The van der Waals surface area contributed by atoms with E-state index < -0.39 is 5.38 Å². The van der Waals surface area contributed by atoms with E-state index in [0.29, 0.717) is 0 Å². The molecule has 22 heavy (non-hydrogen) atoms.